The summed E-state index contributed by atoms with van der Waals surface area (Å²) in [5, 5.41) is 3.22. The monoisotopic (exact) mass is 367 g/mol. The maximum absolute atomic E-state index is 12.9. The SMILES string of the molecule is COc1nc2c(cc1CNc1nc(C)cc(C)n1)C(=O)N(C1CCCC1)C2. The van der Waals surface area contributed by atoms with E-state index >= 15 is 0 Å². The molecule has 4 rings (SSSR count). The molecule has 1 N–H and O–H groups in total. The number of pyridine rings is 1. The van der Waals surface area contributed by atoms with Crippen LogP contribution in [0.5, 0.6) is 5.88 Å². The third-order valence-electron chi connectivity index (χ3n) is 5.33. The van der Waals surface area contributed by atoms with Crippen LogP contribution in [0.2, 0.25) is 0 Å². The fourth-order valence-corrected chi connectivity index (χ4v) is 4.06. The molecule has 0 spiro atoms. The lowest BCUT2D eigenvalue weighted by atomic mass is 10.1. The van der Waals surface area contributed by atoms with E-state index < -0.39 is 0 Å². The van der Waals surface area contributed by atoms with Gasteiger partial charge in [-0.25, -0.2) is 15.0 Å². The molecule has 2 aliphatic rings. The van der Waals surface area contributed by atoms with Crippen LogP contribution < -0.4 is 10.1 Å². The van der Waals surface area contributed by atoms with Crippen LogP contribution >= 0.6 is 0 Å². The number of methoxy groups -OCH3 is 1. The molecule has 1 aliphatic heterocycles. The predicted molar refractivity (Wildman–Crippen MR) is 102 cm³/mol. The number of carbonyl (C=O) groups excluding carboxylic acids is 1. The van der Waals surface area contributed by atoms with Crippen LogP contribution in [-0.4, -0.2) is 38.9 Å². The van der Waals surface area contributed by atoms with Gasteiger partial charge in [0.25, 0.3) is 5.91 Å². The number of aromatic nitrogens is 3. The average Bonchev–Trinajstić information content (AvgIpc) is 3.26. The van der Waals surface area contributed by atoms with E-state index in [0.717, 1.165) is 35.5 Å². The van der Waals surface area contributed by atoms with Crippen LogP contribution in [0, 0.1) is 13.8 Å². The standard InChI is InChI=1S/C20H25N5O2/c1-12-8-13(2)23-20(22-12)21-10-14-9-16-17(24-18(14)27-3)11-25(19(16)26)15-6-4-5-7-15/h8-9,15H,4-7,10-11H2,1-3H3,(H,21,22,23). The highest BCUT2D eigenvalue weighted by atomic mass is 16.5. The van der Waals surface area contributed by atoms with Crippen molar-refractivity contribution >= 4 is 11.9 Å². The number of ether oxygens (including phenoxy) is 1. The molecule has 0 aromatic carbocycles. The molecule has 0 unspecified atom stereocenters. The number of carbonyl (C=O) groups is 1. The van der Waals surface area contributed by atoms with Gasteiger partial charge < -0.3 is 15.0 Å². The van der Waals surface area contributed by atoms with Gasteiger partial charge in [0.15, 0.2) is 0 Å². The number of anilines is 1. The van der Waals surface area contributed by atoms with E-state index in [4.69, 9.17) is 4.74 Å². The van der Waals surface area contributed by atoms with Gasteiger partial charge >= 0.3 is 0 Å². The highest BCUT2D eigenvalue weighted by molar-refractivity contribution is 5.98. The lowest BCUT2D eigenvalue weighted by Gasteiger charge is -2.22. The molecule has 27 heavy (non-hydrogen) atoms. The van der Waals surface area contributed by atoms with E-state index in [-0.39, 0.29) is 5.91 Å². The average molecular weight is 367 g/mol. The maximum atomic E-state index is 12.9. The molecule has 1 aliphatic carbocycles. The Morgan fingerprint density at radius 3 is 2.52 bits per heavy atom. The minimum atomic E-state index is 0.0935. The van der Waals surface area contributed by atoms with Crippen molar-refractivity contribution in [2.24, 2.45) is 0 Å². The first-order valence-electron chi connectivity index (χ1n) is 9.49. The largest absolute Gasteiger partial charge is 0.481 e. The molecule has 3 heterocycles. The van der Waals surface area contributed by atoms with Crippen LogP contribution in [0.15, 0.2) is 12.1 Å². The summed E-state index contributed by atoms with van der Waals surface area (Å²) < 4.78 is 5.48. The Labute approximate surface area is 159 Å². The smallest absolute Gasteiger partial charge is 0.256 e. The number of nitrogens with zero attached hydrogens (tertiary/aromatic N) is 4. The number of fused-ring (bicyclic) bond motifs is 1. The second kappa shape index (κ2) is 7.13. The fraction of sp³-hybridized carbons (Fsp3) is 0.500. The molecule has 2 aromatic rings. The minimum Gasteiger partial charge on any atom is -0.481 e. The number of nitrogens with one attached hydrogen (secondary N) is 1. The van der Waals surface area contributed by atoms with Crippen molar-refractivity contribution in [3.8, 4) is 5.88 Å². The van der Waals surface area contributed by atoms with Gasteiger partial charge in [-0.1, -0.05) is 12.8 Å². The van der Waals surface area contributed by atoms with Crippen molar-refractivity contribution in [1.29, 1.82) is 0 Å². The van der Waals surface area contributed by atoms with E-state index in [2.05, 4.69) is 20.3 Å². The number of hydrogen-bond donors (Lipinski definition) is 1. The third-order valence-corrected chi connectivity index (χ3v) is 5.33. The van der Waals surface area contributed by atoms with E-state index in [1.807, 2.05) is 30.9 Å². The van der Waals surface area contributed by atoms with Gasteiger partial charge in [0.05, 0.1) is 24.9 Å². The molecule has 2 aromatic heterocycles. The van der Waals surface area contributed by atoms with E-state index in [9.17, 15) is 4.79 Å². The van der Waals surface area contributed by atoms with Crippen molar-refractivity contribution in [3.05, 3.63) is 40.3 Å². The van der Waals surface area contributed by atoms with Gasteiger partial charge in [-0.3, -0.25) is 4.79 Å². The maximum Gasteiger partial charge on any atom is 0.256 e. The number of hydrogen-bond acceptors (Lipinski definition) is 6. The van der Waals surface area contributed by atoms with E-state index in [1.54, 1.807) is 7.11 Å². The van der Waals surface area contributed by atoms with Gasteiger partial charge in [-0.2, -0.15) is 0 Å². The van der Waals surface area contributed by atoms with Crippen LogP contribution in [0.25, 0.3) is 0 Å². The molecule has 7 nitrogen and oxygen atoms in total. The Morgan fingerprint density at radius 2 is 1.85 bits per heavy atom. The minimum absolute atomic E-state index is 0.0935. The van der Waals surface area contributed by atoms with Crippen molar-refractivity contribution in [2.75, 3.05) is 12.4 Å². The quantitative estimate of drug-likeness (QED) is 0.875. The molecule has 0 bridgehead atoms. The highest BCUT2D eigenvalue weighted by Crippen LogP contribution is 2.33. The lowest BCUT2D eigenvalue weighted by Crippen LogP contribution is -2.33. The van der Waals surface area contributed by atoms with Gasteiger partial charge in [0.2, 0.25) is 11.8 Å². The molecular formula is C20H25N5O2. The molecule has 0 saturated heterocycles. The summed E-state index contributed by atoms with van der Waals surface area (Å²) in [6.45, 7) is 4.91. The zero-order chi connectivity index (χ0) is 19.0. The summed E-state index contributed by atoms with van der Waals surface area (Å²) in [4.78, 5) is 28.3. The molecule has 1 saturated carbocycles. The normalized spacial score (nSPS) is 16.7. The molecule has 0 atom stereocenters. The molecular weight excluding hydrogens is 342 g/mol. The summed E-state index contributed by atoms with van der Waals surface area (Å²) in [7, 11) is 1.61. The Kier molecular flexibility index (Phi) is 4.68. The number of rotatable bonds is 5. The summed E-state index contributed by atoms with van der Waals surface area (Å²) in [5.74, 6) is 1.21. The number of aryl methyl sites for hydroxylation is 2. The summed E-state index contributed by atoms with van der Waals surface area (Å²) in [6.07, 6.45) is 4.59. The van der Waals surface area contributed by atoms with Gasteiger partial charge in [0, 0.05) is 29.5 Å². The molecule has 1 fully saturated rings. The topological polar surface area (TPSA) is 80.2 Å². The van der Waals surface area contributed by atoms with Crippen LogP contribution in [-0.2, 0) is 13.1 Å². The number of amides is 1. The third kappa shape index (κ3) is 3.46. The fourth-order valence-electron chi connectivity index (χ4n) is 4.06. The summed E-state index contributed by atoms with van der Waals surface area (Å²) in [6, 6.07) is 4.19. The first-order chi connectivity index (χ1) is 13.0. The zero-order valence-electron chi connectivity index (χ0n) is 16.1. The van der Waals surface area contributed by atoms with Crippen LogP contribution in [0.4, 0.5) is 5.95 Å². The summed E-state index contributed by atoms with van der Waals surface area (Å²) in [5.41, 5.74) is 4.16. The van der Waals surface area contributed by atoms with Gasteiger partial charge in [0.1, 0.15) is 0 Å². The second-order valence-electron chi connectivity index (χ2n) is 7.35. The Hall–Kier alpha value is -2.70. The van der Waals surface area contributed by atoms with E-state index in [0.29, 0.717) is 36.5 Å². The van der Waals surface area contributed by atoms with Crippen molar-refractivity contribution in [3.63, 3.8) is 0 Å². The Bertz CT molecular complexity index is 857. The highest BCUT2D eigenvalue weighted by Gasteiger charge is 2.35. The van der Waals surface area contributed by atoms with Gasteiger partial charge in [-0.05, 0) is 38.8 Å². The molecule has 1 amide bonds. The first kappa shape index (κ1) is 17.7. The summed E-state index contributed by atoms with van der Waals surface area (Å²) >= 11 is 0. The van der Waals surface area contributed by atoms with Crippen molar-refractivity contribution < 1.29 is 9.53 Å². The zero-order valence-corrected chi connectivity index (χ0v) is 16.1. The second-order valence-corrected chi connectivity index (χ2v) is 7.35. The first-order valence-corrected chi connectivity index (χ1v) is 9.49. The van der Waals surface area contributed by atoms with Gasteiger partial charge in [-0.15, -0.1) is 0 Å². The Balaban J connectivity index is 1.57. The van der Waals surface area contributed by atoms with Crippen LogP contribution in [0.1, 0.15) is 58.7 Å². The molecule has 142 valence electrons. The predicted octanol–water partition coefficient (Wildman–Crippen LogP) is 3.01. The van der Waals surface area contributed by atoms with Crippen molar-refractivity contribution in [2.45, 2.75) is 58.7 Å². The van der Waals surface area contributed by atoms with Crippen LogP contribution in [0.3, 0.4) is 0 Å². The lowest BCUT2D eigenvalue weighted by molar-refractivity contribution is 0.0706. The Morgan fingerprint density at radius 1 is 1.15 bits per heavy atom. The van der Waals surface area contributed by atoms with Crippen molar-refractivity contribution in [1.82, 2.24) is 19.9 Å². The molecule has 0 radical (unpaired) electrons. The van der Waals surface area contributed by atoms with E-state index in [1.165, 1.54) is 12.8 Å². The molecule has 7 heteroatoms.